The summed E-state index contributed by atoms with van der Waals surface area (Å²) < 4.78 is 2.67. The van der Waals surface area contributed by atoms with E-state index < -0.39 is 0 Å². The highest BCUT2D eigenvalue weighted by Gasteiger charge is 2.14. The number of hydrogen-bond acceptors (Lipinski definition) is 2. The lowest BCUT2D eigenvalue weighted by molar-refractivity contribution is -0.385. The van der Waals surface area contributed by atoms with Crippen LogP contribution < -0.4 is 0 Å². The van der Waals surface area contributed by atoms with Gasteiger partial charge in [0.25, 0.3) is 5.69 Å². The SMILES string of the molecule is Cc1cc(Br)c(-n2cccc2)cc1[N+](=O)[O-]. The maximum Gasteiger partial charge on any atom is 0.274 e. The fraction of sp³-hybridized carbons (Fsp3) is 0.0909. The Kier molecular flexibility index (Phi) is 2.78. The molecule has 5 heteroatoms. The number of aryl methyl sites for hydroxylation is 1. The van der Waals surface area contributed by atoms with E-state index in [4.69, 9.17) is 0 Å². The standard InChI is InChI=1S/C11H9BrN2O2/c1-8-6-9(12)11(7-10(8)14(15)16)13-4-2-3-5-13/h2-7H,1H3. The third-order valence-electron chi connectivity index (χ3n) is 2.34. The molecule has 0 saturated carbocycles. The Hall–Kier alpha value is -1.62. The first-order valence-corrected chi connectivity index (χ1v) is 5.47. The molecule has 0 N–H and O–H groups in total. The van der Waals surface area contributed by atoms with E-state index in [2.05, 4.69) is 15.9 Å². The molecule has 0 aliphatic carbocycles. The van der Waals surface area contributed by atoms with E-state index in [1.807, 2.05) is 29.1 Å². The number of nitrogens with zero attached hydrogens (tertiary/aromatic N) is 2. The Balaban J connectivity index is 2.63. The van der Waals surface area contributed by atoms with Crippen LogP contribution in [-0.4, -0.2) is 9.49 Å². The van der Waals surface area contributed by atoms with Crippen LogP contribution >= 0.6 is 15.9 Å². The van der Waals surface area contributed by atoms with Gasteiger partial charge in [-0.1, -0.05) is 0 Å². The van der Waals surface area contributed by atoms with Gasteiger partial charge in [-0.05, 0) is 41.1 Å². The summed E-state index contributed by atoms with van der Waals surface area (Å²) in [5.74, 6) is 0. The van der Waals surface area contributed by atoms with Crippen molar-refractivity contribution in [1.29, 1.82) is 0 Å². The Morgan fingerprint density at radius 2 is 1.94 bits per heavy atom. The van der Waals surface area contributed by atoms with Crippen LogP contribution in [0.2, 0.25) is 0 Å². The van der Waals surface area contributed by atoms with Crippen LogP contribution in [-0.2, 0) is 0 Å². The zero-order valence-corrected chi connectivity index (χ0v) is 10.1. The van der Waals surface area contributed by atoms with Crippen molar-refractivity contribution < 1.29 is 4.92 Å². The molecule has 0 aliphatic rings. The van der Waals surface area contributed by atoms with Crippen molar-refractivity contribution in [3.8, 4) is 5.69 Å². The van der Waals surface area contributed by atoms with Crippen LogP contribution in [0.5, 0.6) is 0 Å². The molecule has 0 unspecified atom stereocenters. The van der Waals surface area contributed by atoms with Crippen molar-refractivity contribution >= 4 is 21.6 Å². The van der Waals surface area contributed by atoms with Crippen molar-refractivity contribution in [3.05, 3.63) is 56.8 Å². The summed E-state index contributed by atoms with van der Waals surface area (Å²) >= 11 is 3.41. The van der Waals surface area contributed by atoms with E-state index in [-0.39, 0.29) is 10.6 Å². The van der Waals surface area contributed by atoms with Gasteiger partial charge in [-0.15, -0.1) is 0 Å². The largest absolute Gasteiger partial charge is 0.323 e. The molecule has 0 spiro atoms. The molecule has 0 saturated heterocycles. The van der Waals surface area contributed by atoms with Gasteiger partial charge in [-0.3, -0.25) is 10.1 Å². The van der Waals surface area contributed by atoms with Gasteiger partial charge in [0.2, 0.25) is 0 Å². The Morgan fingerprint density at radius 1 is 1.31 bits per heavy atom. The summed E-state index contributed by atoms with van der Waals surface area (Å²) in [6.45, 7) is 1.72. The average Bonchev–Trinajstić information content (AvgIpc) is 2.70. The molecular formula is C11H9BrN2O2. The lowest BCUT2D eigenvalue weighted by atomic mass is 10.2. The Bertz CT molecular complexity index is 535. The molecule has 2 aromatic rings. The zero-order valence-electron chi connectivity index (χ0n) is 8.55. The number of rotatable bonds is 2. The molecule has 1 heterocycles. The third-order valence-corrected chi connectivity index (χ3v) is 2.98. The zero-order chi connectivity index (χ0) is 11.7. The van der Waals surface area contributed by atoms with E-state index >= 15 is 0 Å². The minimum absolute atomic E-state index is 0.131. The molecule has 0 amide bonds. The van der Waals surface area contributed by atoms with Gasteiger partial charge in [-0.25, -0.2) is 0 Å². The summed E-state index contributed by atoms with van der Waals surface area (Å²) in [5, 5.41) is 10.8. The number of nitro benzene ring substituents is 1. The van der Waals surface area contributed by atoms with E-state index in [0.29, 0.717) is 5.56 Å². The highest BCUT2D eigenvalue weighted by molar-refractivity contribution is 9.10. The van der Waals surface area contributed by atoms with Gasteiger partial charge >= 0.3 is 0 Å². The number of halogens is 1. The van der Waals surface area contributed by atoms with Gasteiger partial charge in [0.1, 0.15) is 0 Å². The van der Waals surface area contributed by atoms with Crippen LogP contribution in [0.3, 0.4) is 0 Å². The summed E-state index contributed by atoms with van der Waals surface area (Å²) in [5.41, 5.74) is 1.54. The first-order valence-electron chi connectivity index (χ1n) is 4.67. The van der Waals surface area contributed by atoms with Crippen LogP contribution in [0.4, 0.5) is 5.69 Å². The fourth-order valence-corrected chi connectivity index (χ4v) is 2.20. The molecule has 0 atom stereocenters. The van der Waals surface area contributed by atoms with Crippen LogP contribution in [0.15, 0.2) is 41.1 Å². The quantitative estimate of drug-likeness (QED) is 0.625. The highest BCUT2D eigenvalue weighted by Crippen LogP contribution is 2.29. The predicted octanol–water partition coefficient (Wildman–Crippen LogP) is 3.46. The van der Waals surface area contributed by atoms with Crippen molar-refractivity contribution in [3.63, 3.8) is 0 Å². The van der Waals surface area contributed by atoms with Crippen molar-refractivity contribution in [1.82, 2.24) is 4.57 Å². The molecule has 2 rings (SSSR count). The van der Waals surface area contributed by atoms with Gasteiger partial charge in [0.05, 0.1) is 10.6 Å². The first kappa shape index (κ1) is 10.9. The first-order chi connectivity index (χ1) is 7.59. The normalized spacial score (nSPS) is 10.4. The number of benzene rings is 1. The van der Waals surface area contributed by atoms with Crippen molar-refractivity contribution in [2.24, 2.45) is 0 Å². The second-order valence-corrected chi connectivity index (χ2v) is 4.29. The molecule has 4 nitrogen and oxygen atoms in total. The predicted molar refractivity (Wildman–Crippen MR) is 64.9 cm³/mol. The smallest absolute Gasteiger partial charge is 0.274 e. The second-order valence-electron chi connectivity index (χ2n) is 3.44. The van der Waals surface area contributed by atoms with Crippen LogP contribution in [0.25, 0.3) is 5.69 Å². The van der Waals surface area contributed by atoms with E-state index in [1.54, 1.807) is 19.1 Å². The summed E-state index contributed by atoms with van der Waals surface area (Å²) in [4.78, 5) is 10.5. The molecule has 82 valence electrons. The maximum atomic E-state index is 10.8. The van der Waals surface area contributed by atoms with Crippen molar-refractivity contribution in [2.75, 3.05) is 0 Å². The summed E-state index contributed by atoms with van der Waals surface area (Å²) in [6.07, 6.45) is 3.69. The molecule has 1 aromatic heterocycles. The van der Waals surface area contributed by atoms with E-state index in [1.165, 1.54) is 0 Å². The van der Waals surface area contributed by atoms with Crippen LogP contribution in [0, 0.1) is 17.0 Å². The molecule has 0 radical (unpaired) electrons. The maximum absolute atomic E-state index is 10.8. The summed E-state index contributed by atoms with van der Waals surface area (Å²) in [6, 6.07) is 7.07. The van der Waals surface area contributed by atoms with Gasteiger partial charge in [-0.2, -0.15) is 0 Å². The topological polar surface area (TPSA) is 48.1 Å². The van der Waals surface area contributed by atoms with E-state index in [0.717, 1.165) is 10.2 Å². The van der Waals surface area contributed by atoms with Gasteiger partial charge in [0, 0.05) is 28.5 Å². The third kappa shape index (κ3) is 1.86. The molecule has 0 aliphatic heterocycles. The highest BCUT2D eigenvalue weighted by atomic mass is 79.9. The minimum Gasteiger partial charge on any atom is -0.323 e. The Labute approximate surface area is 101 Å². The van der Waals surface area contributed by atoms with E-state index in [9.17, 15) is 10.1 Å². The lowest BCUT2D eigenvalue weighted by Gasteiger charge is -2.07. The monoisotopic (exact) mass is 280 g/mol. The number of aromatic nitrogens is 1. The average molecular weight is 281 g/mol. The van der Waals surface area contributed by atoms with Gasteiger partial charge in [0.15, 0.2) is 0 Å². The Morgan fingerprint density at radius 3 is 2.50 bits per heavy atom. The molecule has 0 fully saturated rings. The minimum atomic E-state index is -0.366. The van der Waals surface area contributed by atoms with Crippen LogP contribution in [0.1, 0.15) is 5.56 Å². The van der Waals surface area contributed by atoms with Gasteiger partial charge < -0.3 is 4.57 Å². The second kappa shape index (κ2) is 4.09. The number of nitro groups is 1. The molecule has 16 heavy (non-hydrogen) atoms. The molecule has 1 aromatic carbocycles. The molecule has 0 bridgehead atoms. The summed E-state index contributed by atoms with van der Waals surface area (Å²) in [7, 11) is 0. The molecular weight excluding hydrogens is 272 g/mol. The lowest BCUT2D eigenvalue weighted by Crippen LogP contribution is -1.97. The number of hydrogen-bond donors (Lipinski definition) is 0. The fourth-order valence-electron chi connectivity index (χ4n) is 1.54. The van der Waals surface area contributed by atoms with Crippen molar-refractivity contribution in [2.45, 2.75) is 6.92 Å².